The molecule has 0 aliphatic heterocycles. The maximum atomic E-state index is 11.2. The summed E-state index contributed by atoms with van der Waals surface area (Å²) in [5, 5.41) is 11.2. The Morgan fingerprint density at radius 3 is 1.95 bits per heavy atom. The molecule has 112 valence electrons. The Hall–Kier alpha value is -0.0800. The molecular weight excluding hydrogens is 234 g/mol. The first kappa shape index (κ1) is 15.3. The van der Waals surface area contributed by atoms with E-state index in [0.29, 0.717) is 12.0 Å². The van der Waals surface area contributed by atoms with Gasteiger partial charge in [-0.2, -0.15) is 0 Å². The van der Waals surface area contributed by atoms with Crippen LogP contribution in [0.4, 0.5) is 0 Å². The quantitative estimate of drug-likeness (QED) is 0.798. The van der Waals surface area contributed by atoms with Crippen molar-refractivity contribution in [3.63, 3.8) is 0 Å². The van der Waals surface area contributed by atoms with Gasteiger partial charge in [0.05, 0.1) is 5.60 Å². The van der Waals surface area contributed by atoms with Crippen LogP contribution < -0.4 is 5.73 Å². The van der Waals surface area contributed by atoms with Gasteiger partial charge in [-0.1, -0.05) is 40.0 Å². The van der Waals surface area contributed by atoms with Crippen LogP contribution in [0.25, 0.3) is 0 Å². The lowest BCUT2D eigenvalue weighted by Gasteiger charge is -2.53. The molecule has 0 bridgehead atoms. The highest BCUT2D eigenvalue weighted by molar-refractivity contribution is 5.03. The second-order valence-corrected chi connectivity index (χ2v) is 8.22. The van der Waals surface area contributed by atoms with Gasteiger partial charge >= 0.3 is 0 Å². The number of hydrogen-bond donors (Lipinski definition) is 2. The Labute approximate surface area is 119 Å². The molecule has 2 saturated carbocycles. The zero-order chi connectivity index (χ0) is 14.1. The minimum atomic E-state index is -0.469. The van der Waals surface area contributed by atoms with Crippen molar-refractivity contribution < 1.29 is 5.11 Å². The van der Waals surface area contributed by atoms with Crippen LogP contribution in [0, 0.1) is 16.7 Å². The van der Waals surface area contributed by atoms with Crippen LogP contribution >= 0.6 is 0 Å². The third kappa shape index (κ3) is 2.85. The van der Waals surface area contributed by atoms with E-state index < -0.39 is 5.60 Å². The molecule has 2 heteroatoms. The average molecular weight is 267 g/mol. The molecule has 2 aliphatic carbocycles. The van der Waals surface area contributed by atoms with E-state index in [2.05, 4.69) is 20.8 Å². The molecule has 2 fully saturated rings. The lowest BCUT2D eigenvalue weighted by molar-refractivity contribution is -0.130. The van der Waals surface area contributed by atoms with E-state index >= 15 is 0 Å². The van der Waals surface area contributed by atoms with Gasteiger partial charge in [-0.05, 0) is 49.9 Å². The van der Waals surface area contributed by atoms with E-state index in [4.69, 9.17) is 5.73 Å². The van der Waals surface area contributed by atoms with Gasteiger partial charge in [0.2, 0.25) is 0 Å². The first-order chi connectivity index (χ1) is 8.83. The lowest BCUT2D eigenvalue weighted by atomic mass is 9.55. The van der Waals surface area contributed by atoms with Crippen molar-refractivity contribution in [1.29, 1.82) is 0 Å². The van der Waals surface area contributed by atoms with Gasteiger partial charge in [-0.15, -0.1) is 0 Å². The Morgan fingerprint density at radius 2 is 1.53 bits per heavy atom. The van der Waals surface area contributed by atoms with Crippen LogP contribution in [0.1, 0.15) is 78.6 Å². The molecule has 0 aromatic carbocycles. The molecule has 0 unspecified atom stereocenters. The fourth-order valence-electron chi connectivity index (χ4n) is 4.56. The second-order valence-electron chi connectivity index (χ2n) is 8.22. The summed E-state index contributed by atoms with van der Waals surface area (Å²) in [6, 6.07) is 0. The second kappa shape index (κ2) is 5.37. The van der Waals surface area contributed by atoms with Gasteiger partial charge in [0.1, 0.15) is 0 Å². The molecule has 2 nitrogen and oxygen atoms in total. The maximum Gasteiger partial charge on any atom is 0.0715 e. The standard InChI is InChI=1S/C17H33NO/c1-15(2,3)14-7-11-16(13-18,12-8-14)17(19)9-5-4-6-10-17/h14,19H,4-13,18H2,1-3H3. The van der Waals surface area contributed by atoms with Crippen LogP contribution in [0.2, 0.25) is 0 Å². The van der Waals surface area contributed by atoms with Crippen molar-refractivity contribution in [2.75, 3.05) is 6.54 Å². The van der Waals surface area contributed by atoms with Gasteiger partial charge in [0.25, 0.3) is 0 Å². The lowest BCUT2D eigenvalue weighted by Crippen LogP contribution is -2.55. The summed E-state index contributed by atoms with van der Waals surface area (Å²) in [6.07, 6.45) is 10.3. The van der Waals surface area contributed by atoms with Crippen LogP contribution in [-0.2, 0) is 0 Å². The highest BCUT2D eigenvalue weighted by Gasteiger charge is 2.51. The summed E-state index contributed by atoms with van der Waals surface area (Å²) < 4.78 is 0. The number of aliphatic hydroxyl groups is 1. The van der Waals surface area contributed by atoms with Gasteiger partial charge < -0.3 is 10.8 Å². The van der Waals surface area contributed by atoms with E-state index in [9.17, 15) is 5.11 Å². The zero-order valence-electron chi connectivity index (χ0n) is 13.2. The largest absolute Gasteiger partial charge is 0.389 e. The minimum absolute atomic E-state index is 0.00910. The average Bonchev–Trinajstić information content (AvgIpc) is 2.38. The van der Waals surface area contributed by atoms with Crippen LogP contribution in [0.5, 0.6) is 0 Å². The van der Waals surface area contributed by atoms with Crippen molar-refractivity contribution >= 4 is 0 Å². The molecule has 19 heavy (non-hydrogen) atoms. The first-order valence-corrected chi connectivity index (χ1v) is 8.25. The van der Waals surface area contributed by atoms with E-state index in [1.165, 1.54) is 32.1 Å². The van der Waals surface area contributed by atoms with Crippen LogP contribution in [-0.4, -0.2) is 17.3 Å². The van der Waals surface area contributed by atoms with Crippen molar-refractivity contribution in [3.8, 4) is 0 Å². The molecule has 0 aromatic heterocycles. The van der Waals surface area contributed by atoms with Crippen molar-refractivity contribution in [2.45, 2.75) is 84.2 Å². The third-order valence-electron chi connectivity index (χ3n) is 6.23. The summed E-state index contributed by atoms with van der Waals surface area (Å²) in [5.41, 5.74) is 6.09. The predicted octanol–water partition coefficient (Wildman–Crippen LogP) is 3.86. The Balaban J connectivity index is 2.09. The van der Waals surface area contributed by atoms with E-state index in [-0.39, 0.29) is 5.41 Å². The number of nitrogens with two attached hydrogens (primary N) is 1. The van der Waals surface area contributed by atoms with Crippen molar-refractivity contribution in [2.24, 2.45) is 22.5 Å². The van der Waals surface area contributed by atoms with Gasteiger partial charge in [0, 0.05) is 12.0 Å². The molecule has 3 N–H and O–H groups in total. The molecule has 0 amide bonds. The maximum absolute atomic E-state index is 11.2. The molecule has 0 saturated heterocycles. The fourth-order valence-corrected chi connectivity index (χ4v) is 4.56. The monoisotopic (exact) mass is 267 g/mol. The zero-order valence-corrected chi connectivity index (χ0v) is 13.2. The smallest absolute Gasteiger partial charge is 0.0715 e. The summed E-state index contributed by atoms with van der Waals surface area (Å²) in [6.45, 7) is 7.72. The van der Waals surface area contributed by atoms with Gasteiger partial charge in [-0.25, -0.2) is 0 Å². The van der Waals surface area contributed by atoms with E-state index in [1.807, 2.05) is 0 Å². The molecule has 0 atom stereocenters. The van der Waals surface area contributed by atoms with Crippen molar-refractivity contribution in [3.05, 3.63) is 0 Å². The Morgan fingerprint density at radius 1 is 1.00 bits per heavy atom. The third-order valence-corrected chi connectivity index (χ3v) is 6.23. The molecule has 2 rings (SSSR count). The van der Waals surface area contributed by atoms with Gasteiger partial charge in [0.15, 0.2) is 0 Å². The molecule has 0 heterocycles. The highest BCUT2D eigenvalue weighted by atomic mass is 16.3. The summed E-state index contributed by atoms with van der Waals surface area (Å²) in [5.74, 6) is 0.791. The molecular formula is C17H33NO. The predicted molar refractivity (Wildman–Crippen MR) is 80.9 cm³/mol. The Bertz CT molecular complexity index is 291. The molecule has 0 spiro atoms. The van der Waals surface area contributed by atoms with Gasteiger partial charge in [-0.3, -0.25) is 0 Å². The van der Waals surface area contributed by atoms with Crippen LogP contribution in [0.15, 0.2) is 0 Å². The fraction of sp³-hybridized carbons (Fsp3) is 1.00. The normalized spacial score (nSPS) is 36.2. The topological polar surface area (TPSA) is 46.2 Å². The van der Waals surface area contributed by atoms with Crippen LogP contribution in [0.3, 0.4) is 0 Å². The SMILES string of the molecule is CC(C)(C)C1CCC(CN)(C2(O)CCCCC2)CC1. The molecule has 2 aliphatic rings. The molecule has 0 radical (unpaired) electrons. The summed E-state index contributed by atoms with van der Waals surface area (Å²) in [7, 11) is 0. The first-order valence-electron chi connectivity index (χ1n) is 8.25. The summed E-state index contributed by atoms with van der Waals surface area (Å²) >= 11 is 0. The number of rotatable bonds is 2. The van der Waals surface area contributed by atoms with E-state index in [0.717, 1.165) is 31.6 Å². The van der Waals surface area contributed by atoms with E-state index in [1.54, 1.807) is 0 Å². The summed E-state index contributed by atoms with van der Waals surface area (Å²) in [4.78, 5) is 0. The van der Waals surface area contributed by atoms with Crippen molar-refractivity contribution in [1.82, 2.24) is 0 Å². The molecule has 0 aromatic rings. The minimum Gasteiger partial charge on any atom is -0.389 e. The number of hydrogen-bond acceptors (Lipinski definition) is 2. The highest BCUT2D eigenvalue weighted by Crippen LogP contribution is 2.53. The Kier molecular flexibility index (Phi) is 4.32.